The van der Waals surface area contributed by atoms with E-state index < -0.39 is 10.0 Å². The molecule has 0 bridgehead atoms. The molecule has 1 fully saturated rings. The van der Waals surface area contributed by atoms with Crippen LogP contribution in [0.25, 0.3) is 0 Å². The molecule has 8 heteroatoms. The first-order valence-electron chi connectivity index (χ1n) is 5.94. The first kappa shape index (κ1) is 15.7. The zero-order valence-corrected chi connectivity index (χ0v) is 14.7. The van der Waals surface area contributed by atoms with Gasteiger partial charge in [-0.15, -0.1) is 11.3 Å². The maximum absolute atomic E-state index is 12.4. The van der Waals surface area contributed by atoms with Gasteiger partial charge < -0.3 is 4.90 Å². The lowest BCUT2D eigenvalue weighted by Gasteiger charge is -2.24. The van der Waals surface area contributed by atoms with E-state index in [4.69, 9.17) is 11.6 Å². The van der Waals surface area contributed by atoms with E-state index in [2.05, 4.69) is 20.8 Å². The van der Waals surface area contributed by atoms with E-state index in [1.807, 2.05) is 7.05 Å². The van der Waals surface area contributed by atoms with Gasteiger partial charge in [0.15, 0.2) is 0 Å². The summed E-state index contributed by atoms with van der Waals surface area (Å²) in [7, 11) is 0.226. The Balaban J connectivity index is 2.15. The molecule has 108 valence electrons. The molecule has 2 heterocycles. The fourth-order valence-corrected chi connectivity index (χ4v) is 6.03. The molecule has 0 amide bonds. The van der Waals surface area contributed by atoms with E-state index >= 15 is 0 Å². The lowest BCUT2D eigenvalue weighted by Crippen LogP contribution is -2.39. The second-order valence-electron chi connectivity index (χ2n) is 4.75. The van der Waals surface area contributed by atoms with Crippen molar-refractivity contribution in [1.29, 1.82) is 0 Å². The van der Waals surface area contributed by atoms with Gasteiger partial charge in [-0.05, 0) is 48.4 Å². The quantitative estimate of drug-likeness (QED) is 0.797. The standard InChI is InChI=1S/C11H16BrClN2O2S2/c1-14-5-3-4-8(14)7-15(2)19(16,17)10-6-9(13)11(12)18-10/h6,8H,3-5,7H2,1-2H3. The monoisotopic (exact) mass is 386 g/mol. The minimum atomic E-state index is -3.44. The Morgan fingerprint density at radius 3 is 2.79 bits per heavy atom. The highest BCUT2D eigenvalue weighted by Gasteiger charge is 2.29. The molecule has 19 heavy (non-hydrogen) atoms. The van der Waals surface area contributed by atoms with Crippen LogP contribution in [0.3, 0.4) is 0 Å². The van der Waals surface area contributed by atoms with E-state index in [1.165, 1.54) is 10.4 Å². The summed E-state index contributed by atoms with van der Waals surface area (Å²) in [6.07, 6.45) is 2.18. The molecule has 1 aromatic heterocycles. The van der Waals surface area contributed by atoms with E-state index in [9.17, 15) is 8.42 Å². The number of hydrogen-bond acceptors (Lipinski definition) is 4. The van der Waals surface area contributed by atoms with Crippen molar-refractivity contribution < 1.29 is 8.42 Å². The van der Waals surface area contributed by atoms with Crippen LogP contribution in [0.2, 0.25) is 5.02 Å². The van der Waals surface area contributed by atoms with Crippen LogP contribution in [-0.4, -0.2) is 50.8 Å². The number of likely N-dealkylation sites (N-methyl/N-ethyl adjacent to an activating group) is 2. The first-order valence-corrected chi connectivity index (χ1v) is 9.36. The third-order valence-corrected chi connectivity index (χ3v) is 8.17. The Kier molecular flexibility index (Phi) is 4.96. The SMILES string of the molecule is CN1CCCC1CN(C)S(=O)(=O)c1cc(Cl)c(Br)s1. The Hall–Kier alpha value is 0.340. The van der Waals surface area contributed by atoms with Crippen LogP contribution in [0.5, 0.6) is 0 Å². The number of thiophene rings is 1. The number of sulfonamides is 1. The van der Waals surface area contributed by atoms with Crippen LogP contribution < -0.4 is 0 Å². The molecule has 1 aliphatic rings. The van der Waals surface area contributed by atoms with E-state index in [-0.39, 0.29) is 4.21 Å². The van der Waals surface area contributed by atoms with Crippen molar-refractivity contribution in [3.05, 3.63) is 14.9 Å². The van der Waals surface area contributed by atoms with Crippen LogP contribution in [0.15, 0.2) is 14.1 Å². The molecule has 1 aromatic rings. The molecule has 4 nitrogen and oxygen atoms in total. The lowest BCUT2D eigenvalue weighted by molar-refractivity contribution is 0.271. The van der Waals surface area contributed by atoms with Gasteiger partial charge in [0.2, 0.25) is 0 Å². The topological polar surface area (TPSA) is 40.6 Å². The minimum Gasteiger partial charge on any atom is -0.302 e. The normalized spacial score (nSPS) is 21.4. The summed E-state index contributed by atoms with van der Waals surface area (Å²) < 4.78 is 27.2. The molecule has 0 aromatic carbocycles. The molecule has 1 unspecified atom stereocenters. The molecule has 0 spiro atoms. The van der Waals surface area contributed by atoms with Gasteiger partial charge in [-0.3, -0.25) is 0 Å². The molecule has 0 N–H and O–H groups in total. The summed E-state index contributed by atoms with van der Waals surface area (Å²) in [5.74, 6) is 0. The average Bonchev–Trinajstić information content (AvgIpc) is 2.87. The van der Waals surface area contributed by atoms with E-state index in [1.54, 1.807) is 7.05 Å². The summed E-state index contributed by atoms with van der Waals surface area (Å²) in [6.45, 7) is 1.56. The van der Waals surface area contributed by atoms with E-state index in [0.29, 0.717) is 21.4 Å². The molecular weight excluding hydrogens is 372 g/mol. The summed E-state index contributed by atoms with van der Waals surface area (Å²) in [5.41, 5.74) is 0. The molecular formula is C11H16BrClN2O2S2. The van der Waals surface area contributed by atoms with Crippen LogP contribution in [0, 0.1) is 0 Å². The lowest BCUT2D eigenvalue weighted by atomic mass is 10.2. The summed E-state index contributed by atoms with van der Waals surface area (Å²) >= 11 is 10.3. The maximum Gasteiger partial charge on any atom is 0.252 e. The summed E-state index contributed by atoms with van der Waals surface area (Å²) in [4.78, 5) is 2.21. The van der Waals surface area contributed by atoms with Gasteiger partial charge in [-0.2, -0.15) is 4.31 Å². The number of likely N-dealkylation sites (tertiary alicyclic amines) is 1. The molecule has 0 radical (unpaired) electrons. The van der Waals surface area contributed by atoms with Crippen molar-refractivity contribution in [1.82, 2.24) is 9.21 Å². The molecule has 1 aliphatic heterocycles. The van der Waals surface area contributed by atoms with Crippen molar-refractivity contribution in [2.24, 2.45) is 0 Å². The highest BCUT2D eigenvalue weighted by molar-refractivity contribution is 9.11. The van der Waals surface area contributed by atoms with Crippen molar-refractivity contribution in [2.45, 2.75) is 23.1 Å². The van der Waals surface area contributed by atoms with Gasteiger partial charge in [-0.25, -0.2) is 8.42 Å². The Morgan fingerprint density at radius 2 is 2.32 bits per heavy atom. The van der Waals surface area contributed by atoms with Crippen molar-refractivity contribution in [3.63, 3.8) is 0 Å². The van der Waals surface area contributed by atoms with Gasteiger partial charge in [0, 0.05) is 19.6 Å². The van der Waals surface area contributed by atoms with Gasteiger partial charge in [-0.1, -0.05) is 11.6 Å². The maximum atomic E-state index is 12.4. The zero-order valence-electron chi connectivity index (χ0n) is 10.8. The van der Waals surface area contributed by atoms with Crippen LogP contribution >= 0.6 is 38.9 Å². The number of rotatable bonds is 4. The predicted molar refractivity (Wildman–Crippen MR) is 82.5 cm³/mol. The van der Waals surface area contributed by atoms with Crippen LogP contribution in [-0.2, 0) is 10.0 Å². The summed E-state index contributed by atoms with van der Waals surface area (Å²) in [6, 6.07) is 1.80. The average molecular weight is 388 g/mol. The van der Waals surface area contributed by atoms with Crippen LogP contribution in [0.4, 0.5) is 0 Å². The largest absolute Gasteiger partial charge is 0.302 e. The molecule has 0 saturated carbocycles. The smallest absolute Gasteiger partial charge is 0.252 e. The third kappa shape index (κ3) is 3.33. The first-order chi connectivity index (χ1) is 8.82. The van der Waals surface area contributed by atoms with Crippen molar-refractivity contribution in [3.8, 4) is 0 Å². The highest BCUT2D eigenvalue weighted by Crippen LogP contribution is 2.35. The van der Waals surface area contributed by atoms with Gasteiger partial charge >= 0.3 is 0 Å². The van der Waals surface area contributed by atoms with Gasteiger partial charge in [0.25, 0.3) is 10.0 Å². The third-order valence-electron chi connectivity index (χ3n) is 3.43. The van der Waals surface area contributed by atoms with Gasteiger partial charge in [0.1, 0.15) is 4.21 Å². The van der Waals surface area contributed by atoms with Crippen molar-refractivity contribution >= 4 is 48.9 Å². The zero-order chi connectivity index (χ0) is 14.2. The summed E-state index contributed by atoms with van der Waals surface area (Å²) in [5, 5.41) is 0.440. The molecule has 1 saturated heterocycles. The predicted octanol–water partition coefficient (Wildman–Crippen LogP) is 2.88. The van der Waals surface area contributed by atoms with Crippen LogP contribution in [0.1, 0.15) is 12.8 Å². The Morgan fingerprint density at radius 1 is 1.63 bits per heavy atom. The Labute approximate surface area is 131 Å². The number of halogens is 2. The van der Waals surface area contributed by atoms with Gasteiger partial charge in [0.05, 0.1) is 8.81 Å². The minimum absolute atomic E-state index is 0.285. The van der Waals surface area contributed by atoms with Crippen molar-refractivity contribution in [2.75, 3.05) is 27.2 Å². The molecule has 0 aliphatic carbocycles. The number of nitrogens with zero attached hydrogens (tertiary/aromatic N) is 2. The highest BCUT2D eigenvalue weighted by atomic mass is 79.9. The fraction of sp³-hybridized carbons (Fsp3) is 0.636. The molecule has 1 atom stereocenters. The second-order valence-corrected chi connectivity index (χ2v) is 9.80. The Bertz CT molecular complexity index is 542. The number of hydrogen-bond donors (Lipinski definition) is 0. The second kappa shape index (κ2) is 5.99. The molecule has 2 rings (SSSR count). The van der Waals surface area contributed by atoms with E-state index in [0.717, 1.165) is 30.7 Å². The fourth-order valence-electron chi connectivity index (χ4n) is 2.21.